The molecule has 9 heteroatoms. The molecule has 33 heavy (non-hydrogen) atoms. The van der Waals surface area contributed by atoms with Gasteiger partial charge in [-0.15, -0.1) is 0 Å². The van der Waals surface area contributed by atoms with Gasteiger partial charge in [-0.2, -0.15) is 0 Å². The SMILES string of the molecule is CN(C)CC(C)(C)CNC(=O)C1CCN(C(=O)c2cccc(S(=O)(=O)NCC3CC3)c2)CC1. The molecule has 2 N–H and O–H groups in total. The van der Waals surface area contributed by atoms with Crippen molar-refractivity contribution in [1.82, 2.24) is 19.8 Å². The lowest BCUT2D eigenvalue weighted by molar-refractivity contribution is -0.126. The fourth-order valence-electron chi connectivity index (χ4n) is 4.34. The summed E-state index contributed by atoms with van der Waals surface area (Å²) in [5.41, 5.74) is 0.340. The predicted octanol–water partition coefficient (Wildman–Crippen LogP) is 1.93. The molecule has 1 saturated heterocycles. The van der Waals surface area contributed by atoms with Gasteiger partial charge in [-0.3, -0.25) is 9.59 Å². The van der Waals surface area contributed by atoms with E-state index < -0.39 is 10.0 Å². The Morgan fingerprint density at radius 3 is 2.39 bits per heavy atom. The van der Waals surface area contributed by atoms with Crippen LogP contribution in [-0.4, -0.2) is 76.9 Å². The normalized spacial score (nSPS) is 17.9. The van der Waals surface area contributed by atoms with Crippen molar-refractivity contribution >= 4 is 21.8 Å². The van der Waals surface area contributed by atoms with Gasteiger partial charge < -0.3 is 15.1 Å². The van der Waals surface area contributed by atoms with E-state index in [2.05, 4.69) is 28.8 Å². The molecule has 0 bridgehead atoms. The lowest BCUT2D eigenvalue weighted by Crippen LogP contribution is -2.46. The second-order valence-electron chi connectivity index (χ2n) is 10.5. The fourth-order valence-corrected chi connectivity index (χ4v) is 5.50. The van der Waals surface area contributed by atoms with Gasteiger partial charge in [0.15, 0.2) is 0 Å². The van der Waals surface area contributed by atoms with E-state index >= 15 is 0 Å². The van der Waals surface area contributed by atoms with Crippen molar-refractivity contribution in [2.45, 2.75) is 44.4 Å². The van der Waals surface area contributed by atoms with Crippen molar-refractivity contribution in [3.63, 3.8) is 0 Å². The average Bonchev–Trinajstić information content (AvgIpc) is 3.60. The number of benzene rings is 1. The van der Waals surface area contributed by atoms with Crippen molar-refractivity contribution in [1.29, 1.82) is 0 Å². The molecule has 3 rings (SSSR count). The molecule has 1 saturated carbocycles. The number of sulfonamides is 1. The maximum atomic E-state index is 13.0. The van der Waals surface area contributed by atoms with Gasteiger partial charge in [0.2, 0.25) is 15.9 Å². The Hall–Kier alpha value is -1.97. The highest BCUT2D eigenvalue weighted by atomic mass is 32.2. The van der Waals surface area contributed by atoms with Gasteiger partial charge in [-0.1, -0.05) is 19.9 Å². The number of likely N-dealkylation sites (tertiary alicyclic amines) is 1. The van der Waals surface area contributed by atoms with Gasteiger partial charge in [-0.25, -0.2) is 13.1 Å². The second kappa shape index (κ2) is 10.5. The lowest BCUT2D eigenvalue weighted by Gasteiger charge is -2.33. The van der Waals surface area contributed by atoms with Gasteiger partial charge in [0, 0.05) is 44.2 Å². The van der Waals surface area contributed by atoms with Crippen molar-refractivity contribution < 1.29 is 18.0 Å². The van der Waals surface area contributed by atoms with Crippen LogP contribution in [0.5, 0.6) is 0 Å². The van der Waals surface area contributed by atoms with Crippen molar-refractivity contribution in [3.8, 4) is 0 Å². The van der Waals surface area contributed by atoms with Gasteiger partial charge in [-0.05, 0) is 69.3 Å². The first-order valence-electron chi connectivity index (χ1n) is 11.8. The number of rotatable bonds is 10. The molecule has 1 aromatic rings. The summed E-state index contributed by atoms with van der Waals surface area (Å²) >= 11 is 0. The Morgan fingerprint density at radius 1 is 1.12 bits per heavy atom. The maximum absolute atomic E-state index is 13.0. The summed E-state index contributed by atoms with van der Waals surface area (Å²) in [5, 5.41) is 3.08. The zero-order valence-electron chi connectivity index (χ0n) is 20.3. The van der Waals surface area contributed by atoms with Crippen LogP contribution < -0.4 is 10.0 Å². The molecule has 1 aliphatic carbocycles. The number of nitrogens with one attached hydrogen (secondary N) is 2. The van der Waals surface area contributed by atoms with Crippen LogP contribution in [0.25, 0.3) is 0 Å². The van der Waals surface area contributed by atoms with E-state index in [9.17, 15) is 18.0 Å². The monoisotopic (exact) mass is 478 g/mol. The minimum absolute atomic E-state index is 0.0192. The Kier molecular flexibility index (Phi) is 8.18. The number of nitrogens with zero attached hydrogens (tertiary/aromatic N) is 2. The first kappa shape index (κ1) is 25.6. The molecule has 2 aliphatic rings. The zero-order chi connectivity index (χ0) is 24.2. The van der Waals surface area contributed by atoms with Gasteiger partial charge in [0.25, 0.3) is 5.91 Å². The van der Waals surface area contributed by atoms with Crippen LogP contribution in [0, 0.1) is 17.3 Å². The van der Waals surface area contributed by atoms with E-state index in [0.717, 1.165) is 19.4 Å². The summed E-state index contributed by atoms with van der Waals surface area (Å²) in [6.45, 7) is 7.16. The second-order valence-corrected chi connectivity index (χ2v) is 12.3. The van der Waals surface area contributed by atoms with Crippen LogP contribution in [0.15, 0.2) is 29.2 Å². The number of amides is 2. The van der Waals surface area contributed by atoms with Gasteiger partial charge in [0.1, 0.15) is 0 Å². The third-order valence-corrected chi connectivity index (χ3v) is 7.71. The van der Waals surface area contributed by atoms with Gasteiger partial charge >= 0.3 is 0 Å². The number of piperidine rings is 1. The molecule has 1 aliphatic heterocycles. The van der Waals surface area contributed by atoms with E-state index in [1.54, 1.807) is 17.0 Å². The molecular weight excluding hydrogens is 440 g/mol. The molecule has 2 amide bonds. The summed E-state index contributed by atoms with van der Waals surface area (Å²) < 4.78 is 27.7. The van der Waals surface area contributed by atoms with Gasteiger partial charge in [0.05, 0.1) is 4.90 Å². The first-order chi connectivity index (χ1) is 15.5. The first-order valence-corrected chi connectivity index (χ1v) is 13.3. The van der Waals surface area contributed by atoms with Crippen LogP contribution in [0.4, 0.5) is 0 Å². The van der Waals surface area contributed by atoms with E-state index in [-0.39, 0.29) is 28.0 Å². The van der Waals surface area contributed by atoms with Crippen LogP contribution in [0.2, 0.25) is 0 Å². The minimum atomic E-state index is -3.62. The van der Waals surface area contributed by atoms with Crippen molar-refractivity contribution in [2.24, 2.45) is 17.3 Å². The Bertz CT molecular complexity index is 949. The number of carbonyl (C=O) groups excluding carboxylic acids is 2. The molecule has 8 nitrogen and oxygen atoms in total. The third kappa shape index (κ3) is 7.52. The molecule has 0 aromatic heterocycles. The van der Waals surface area contributed by atoms with Crippen molar-refractivity contribution in [3.05, 3.63) is 29.8 Å². The predicted molar refractivity (Wildman–Crippen MR) is 128 cm³/mol. The van der Waals surface area contributed by atoms with E-state index in [4.69, 9.17) is 0 Å². The molecule has 0 atom stereocenters. The molecular formula is C24H38N4O4S. The summed E-state index contributed by atoms with van der Waals surface area (Å²) in [4.78, 5) is 29.6. The Labute approximate surface area is 198 Å². The minimum Gasteiger partial charge on any atom is -0.355 e. The van der Waals surface area contributed by atoms with Crippen LogP contribution >= 0.6 is 0 Å². The fraction of sp³-hybridized carbons (Fsp3) is 0.667. The molecule has 0 spiro atoms. The smallest absolute Gasteiger partial charge is 0.253 e. The molecule has 1 aromatic carbocycles. The Morgan fingerprint density at radius 2 is 1.79 bits per heavy atom. The number of carbonyl (C=O) groups is 2. The van der Waals surface area contributed by atoms with Crippen LogP contribution in [0.3, 0.4) is 0 Å². The topological polar surface area (TPSA) is 98.8 Å². The molecule has 1 heterocycles. The number of hydrogen-bond acceptors (Lipinski definition) is 5. The average molecular weight is 479 g/mol. The highest BCUT2D eigenvalue weighted by molar-refractivity contribution is 7.89. The quantitative estimate of drug-likeness (QED) is 0.535. The highest BCUT2D eigenvalue weighted by Crippen LogP contribution is 2.28. The largest absolute Gasteiger partial charge is 0.355 e. The van der Waals surface area contributed by atoms with E-state index in [0.29, 0.717) is 50.5 Å². The molecule has 0 radical (unpaired) electrons. The maximum Gasteiger partial charge on any atom is 0.253 e. The summed E-state index contributed by atoms with van der Waals surface area (Å²) in [6, 6.07) is 6.21. The zero-order valence-corrected chi connectivity index (χ0v) is 21.1. The standard InChI is InChI=1S/C24H38N4O4S/c1-24(2,17-27(3)4)16-25-22(29)19-10-12-28(13-11-19)23(30)20-6-5-7-21(14-20)33(31,32)26-15-18-8-9-18/h5-7,14,18-19,26H,8-13,15-17H2,1-4H3,(H,25,29). The summed E-state index contributed by atoms with van der Waals surface area (Å²) in [6.07, 6.45) is 3.32. The lowest BCUT2D eigenvalue weighted by atomic mass is 9.91. The Balaban J connectivity index is 1.52. The van der Waals surface area contributed by atoms with Crippen LogP contribution in [-0.2, 0) is 14.8 Å². The molecule has 184 valence electrons. The van der Waals surface area contributed by atoms with E-state index in [1.165, 1.54) is 12.1 Å². The van der Waals surface area contributed by atoms with Crippen molar-refractivity contribution in [2.75, 3.05) is 46.8 Å². The van der Waals surface area contributed by atoms with E-state index in [1.807, 2.05) is 14.1 Å². The number of hydrogen-bond donors (Lipinski definition) is 2. The molecule has 2 fully saturated rings. The summed E-state index contributed by atoms with van der Waals surface area (Å²) in [7, 11) is 0.415. The third-order valence-electron chi connectivity index (χ3n) is 6.29. The summed E-state index contributed by atoms with van der Waals surface area (Å²) in [5.74, 6) is 0.175. The molecule has 0 unspecified atom stereocenters. The highest BCUT2D eigenvalue weighted by Gasteiger charge is 2.30. The van der Waals surface area contributed by atoms with Crippen LogP contribution in [0.1, 0.15) is 49.9 Å².